The van der Waals surface area contributed by atoms with Gasteiger partial charge in [-0.3, -0.25) is 4.79 Å². The number of hydrogen-bond donors (Lipinski definition) is 2. The maximum atomic E-state index is 12.3. The molecule has 0 aliphatic carbocycles. The normalized spacial score (nSPS) is 11.4. The van der Waals surface area contributed by atoms with Crippen molar-refractivity contribution in [3.8, 4) is 0 Å². The predicted molar refractivity (Wildman–Crippen MR) is 106 cm³/mol. The topological polar surface area (TPSA) is 83.6 Å². The maximum Gasteiger partial charge on any atom is 0.258 e. The summed E-state index contributed by atoms with van der Waals surface area (Å²) in [6.07, 6.45) is 0. The van der Waals surface area contributed by atoms with Gasteiger partial charge in [-0.1, -0.05) is 39.0 Å². The van der Waals surface area contributed by atoms with Gasteiger partial charge in [-0.15, -0.1) is 10.2 Å². The van der Waals surface area contributed by atoms with E-state index in [2.05, 4.69) is 57.3 Å². The average molecular weight is 491 g/mol. The van der Waals surface area contributed by atoms with Crippen LogP contribution in [0.4, 0.5) is 5.13 Å². The monoisotopic (exact) mass is 489 g/mol. The Morgan fingerprint density at radius 2 is 2.12 bits per heavy atom. The Labute approximate surface area is 163 Å². The van der Waals surface area contributed by atoms with Crippen LogP contribution in [0.3, 0.4) is 0 Å². The summed E-state index contributed by atoms with van der Waals surface area (Å²) in [5.41, 5.74) is 0.494. The number of thioether (sulfide) groups is 1. The lowest BCUT2D eigenvalue weighted by molar-refractivity contribution is 0.883. The quantitative estimate of drug-likeness (QED) is 0.515. The minimum Gasteiger partial charge on any atom is -0.358 e. The number of nitrogens with zero attached hydrogens (tertiary/aromatic N) is 3. The summed E-state index contributed by atoms with van der Waals surface area (Å²) >= 11 is 9.82. The third-order valence-corrected chi connectivity index (χ3v) is 5.99. The van der Waals surface area contributed by atoms with Crippen LogP contribution >= 0.6 is 55.0 Å². The molecule has 0 amide bonds. The Hall–Kier alpha value is -0.970. The smallest absolute Gasteiger partial charge is 0.258 e. The van der Waals surface area contributed by atoms with Crippen molar-refractivity contribution in [3.05, 3.63) is 37.3 Å². The fourth-order valence-electron chi connectivity index (χ4n) is 1.99. The van der Waals surface area contributed by atoms with Crippen molar-refractivity contribution in [1.82, 2.24) is 20.2 Å². The van der Waals surface area contributed by atoms with E-state index in [-0.39, 0.29) is 5.56 Å². The minimum absolute atomic E-state index is 0.156. The second-order valence-corrected chi connectivity index (χ2v) is 9.23. The maximum absolute atomic E-state index is 12.3. The van der Waals surface area contributed by atoms with E-state index in [1.54, 1.807) is 6.07 Å². The van der Waals surface area contributed by atoms with Crippen LogP contribution in [0.25, 0.3) is 10.9 Å². The molecule has 3 rings (SSSR count). The first-order valence-corrected chi connectivity index (χ1v) is 10.4. The lowest BCUT2D eigenvalue weighted by Gasteiger charge is -2.04. The van der Waals surface area contributed by atoms with E-state index < -0.39 is 0 Å². The van der Waals surface area contributed by atoms with Crippen LogP contribution in [-0.2, 0) is 5.75 Å². The number of fused-ring (bicyclic) bond motifs is 1. The van der Waals surface area contributed by atoms with Crippen LogP contribution in [-0.4, -0.2) is 26.2 Å². The first-order valence-electron chi connectivity index (χ1n) is 7.03. The molecule has 2 aromatic heterocycles. The fraction of sp³-hybridized carbons (Fsp3) is 0.286. The van der Waals surface area contributed by atoms with Crippen molar-refractivity contribution in [2.45, 2.75) is 30.0 Å². The number of aromatic nitrogens is 4. The number of halogens is 2. The molecule has 10 heteroatoms. The van der Waals surface area contributed by atoms with Gasteiger partial charge in [0.2, 0.25) is 5.13 Å². The van der Waals surface area contributed by atoms with Crippen LogP contribution in [0.1, 0.15) is 19.7 Å². The molecule has 0 saturated carbocycles. The third-order valence-electron chi connectivity index (χ3n) is 2.93. The van der Waals surface area contributed by atoms with Crippen molar-refractivity contribution in [3.63, 3.8) is 0 Å². The van der Waals surface area contributed by atoms with Crippen molar-refractivity contribution >= 4 is 71.0 Å². The largest absolute Gasteiger partial charge is 0.358 e. The number of hydrogen-bond acceptors (Lipinski definition) is 7. The molecule has 0 fully saturated rings. The Bertz CT molecular complexity index is 941. The van der Waals surface area contributed by atoms with E-state index in [4.69, 9.17) is 0 Å². The van der Waals surface area contributed by atoms with Gasteiger partial charge in [0.15, 0.2) is 4.34 Å². The van der Waals surface area contributed by atoms with Gasteiger partial charge in [-0.25, -0.2) is 4.98 Å². The van der Waals surface area contributed by atoms with Crippen molar-refractivity contribution in [2.24, 2.45) is 0 Å². The van der Waals surface area contributed by atoms with Gasteiger partial charge in [0, 0.05) is 15.0 Å². The van der Waals surface area contributed by atoms with E-state index >= 15 is 0 Å². The summed E-state index contributed by atoms with van der Waals surface area (Å²) in [5, 5.41) is 12.8. The van der Waals surface area contributed by atoms with Crippen molar-refractivity contribution in [1.29, 1.82) is 0 Å². The van der Waals surface area contributed by atoms with Crippen LogP contribution < -0.4 is 10.9 Å². The lowest BCUT2D eigenvalue weighted by atomic mass is 10.2. The standard InChI is InChI=1S/C14H13Br2N5OS2/c1-6(2)17-13-20-21-14(24-13)23-5-10-18-11-8(12(22)19-10)3-7(15)4-9(11)16/h3-4,6H,5H2,1-2H3,(H,17,20)(H,18,19,22). The Morgan fingerprint density at radius 1 is 1.33 bits per heavy atom. The summed E-state index contributed by atoms with van der Waals surface area (Å²) in [7, 11) is 0. The zero-order valence-electron chi connectivity index (χ0n) is 12.8. The molecule has 0 aliphatic heterocycles. The number of aromatic amines is 1. The molecule has 2 N–H and O–H groups in total. The zero-order chi connectivity index (χ0) is 17.3. The van der Waals surface area contributed by atoms with Gasteiger partial charge in [0.1, 0.15) is 5.82 Å². The molecule has 0 spiro atoms. The van der Waals surface area contributed by atoms with Crippen molar-refractivity contribution in [2.75, 3.05) is 5.32 Å². The molecule has 1 aromatic carbocycles. The second kappa shape index (κ2) is 7.51. The van der Waals surface area contributed by atoms with Crippen molar-refractivity contribution < 1.29 is 0 Å². The summed E-state index contributed by atoms with van der Waals surface area (Å²) in [6, 6.07) is 3.95. The van der Waals surface area contributed by atoms with E-state index in [1.807, 2.05) is 19.9 Å². The summed E-state index contributed by atoms with van der Waals surface area (Å²) < 4.78 is 2.44. The molecule has 2 heterocycles. The highest BCUT2D eigenvalue weighted by Gasteiger charge is 2.11. The molecule has 0 radical (unpaired) electrons. The molecule has 24 heavy (non-hydrogen) atoms. The molecular formula is C14H13Br2N5OS2. The highest BCUT2D eigenvalue weighted by atomic mass is 79.9. The first kappa shape index (κ1) is 17.8. The molecule has 6 nitrogen and oxygen atoms in total. The van der Waals surface area contributed by atoms with Crippen LogP contribution in [0.2, 0.25) is 0 Å². The Morgan fingerprint density at radius 3 is 2.88 bits per heavy atom. The molecule has 0 aliphatic rings. The Kier molecular flexibility index (Phi) is 5.58. The fourth-order valence-corrected chi connectivity index (χ4v) is 5.07. The SMILES string of the molecule is CC(C)Nc1nnc(SCc2nc3c(Br)cc(Br)cc3c(=O)[nH]2)s1. The minimum atomic E-state index is -0.156. The number of H-pyrrole nitrogens is 1. The second-order valence-electron chi connectivity index (χ2n) is 5.26. The van der Waals surface area contributed by atoms with Crippen LogP contribution in [0, 0.1) is 0 Å². The molecule has 3 aromatic rings. The number of nitrogens with one attached hydrogen (secondary N) is 2. The van der Waals surface area contributed by atoms with Gasteiger partial charge in [-0.05, 0) is 41.9 Å². The molecule has 0 bridgehead atoms. The van der Waals surface area contributed by atoms with E-state index in [0.717, 1.165) is 18.4 Å². The highest BCUT2D eigenvalue weighted by Crippen LogP contribution is 2.29. The number of rotatable bonds is 5. The summed E-state index contributed by atoms with van der Waals surface area (Å²) in [6.45, 7) is 4.10. The van der Waals surface area contributed by atoms with E-state index in [1.165, 1.54) is 23.1 Å². The van der Waals surface area contributed by atoms with Gasteiger partial charge in [0.25, 0.3) is 5.56 Å². The molecule has 126 valence electrons. The third kappa shape index (κ3) is 4.16. The molecule has 0 saturated heterocycles. The van der Waals surface area contributed by atoms with Gasteiger partial charge in [0.05, 0.1) is 16.7 Å². The summed E-state index contributed by atoms with van der Waals surface area (Å²) in [5.74, 6) is 1.12. The van der Waals surface area contributed by atoms with Crippen LogP contribution in [0.5, 0.6) is 0 Å². The molecule has 0 atom stereocenters. The highest BCUT2D eigenvalue weighted by molar-refractivity contribution is 9.11. The first-order chi connectivity index (χ1) is 11.4. The molecular weight excluding hydrogens is 478 g/mol. The van der Waals surface area contributed by atoms with E-state index in [0.29, 0.717) is 28.5 Å². The Balaban J connectivity index is 1.81. The number of benzene rings is 1. The predicted octanol–water partition coefficient (Wildman–Crippen LogP) is 4.41. The number of anilines is 1. The zero-order valence-corrected chi connectivity index (χ0v) is 17.6. The molecule has 0 unspecified atom stereocenters. The van der Waals surface area contributed by atoms with Gasteiger partial charge < -0.3 is 10.3 Å². The lowest BCUT2D eigenvalue weighted by Crippen LogP contribution is -2.11. The van der Waals surface area contributed by atoms with E-state index in [9.17, 15) is 4.79 Å². The summed E-state index contributed by atoms with van der Waals surface area (Å²) in [4.78, 5) is 19.6. The van der Waals surface area contributed by atoms with Gasteiger partial charge >= 0.3 is 0 Å². The average Bonchev–Trinajstić information content (AvgIpc) is 2.93. The van der Waals surface area contributed by atoms with Crippen LogP contribution in [0.15, 0.2) is 30.2 Å². The van der Waals surface area contributed by atoms with Gasteiger partial charge in [-0.2, -0.15) is 0 Å².